The fourth-order valence-electron chi connectivity index (χ4n) is 1.52. The van der Waals surface area contributed by atoms with Gasteiger partial charge in [-0.2, -0.15) is 13.2 Å². The molecule has 0 heterocycles. The Hall–Kier alpha value is -2.25. The second-order valence-electron chi connectivity index (χ2n) is 4.34. The molecule has 122 valence electrons. The molecule has 1 aromatic carbocycles. The minimum atomic E-state index is -4.46. The normalized spacial score (nSPS) is 10.9. The Labute approximate surface area is 125 Å². The lowest BCUT2D eigenvalue weighted by Crippen LogP contribution is -2.30. The Morgan fingerprint density at radius 2 is 2.00 bits per heavy atom. The summed E-state index contributed by atoms with van der Waals surface area (Å²) in [6.07, 6.45) is -3.89. The molecule has 0 unspecified atom stereocenters. The van der Waals surface area contributed by atoms with E-state index in [1.807, 2.05) is 0 Å². The molecule has 0 aliphatic rings. The minimum Gasteiger partial charge on any atom is -0.484 e. The van der Waals surface area contributed by atoms with Crippen molar-refractivity contribution in [2.24, 2.45) is 0 Å². The summed E-state index contributed by atoms with van der Waals surface area (Å²) in [6, 6.07) is 4.27. The molecule has 0 spiro atoms. The third-order valence-electron chi connectivity index (χ3n) is 2.64. The van der Waals surface area contributed by atoms with Crippen LogP contribution in [0.2, 0.25) is 0 Å². The maximum absolute atomic E-state index is 12.5. The summed E-state index contributed by atoms with van der Waals surface area (Å²) in [5.74, 6) is -0.906. The van der Waals surface area contributed by atoms with Crippen molar-refractivity contribution >= 4 is 11.9 Å². The van der Waals surface area contributed by atoms with Crippen LogP contribution < -0.4 is 10.1 Å². The highest BCUT2D eigenvalue weighted by Crippen LogP contribution is 2.31. The molecule has 1 rings (SSSR count). The zero-order valence-electron chi connectivity index (χ0n) is 11.9. The summed E-state index contributed by atoms with van der Waals surface area (Å²) >= 11 is 0. The highest BCUT2D eigenvalue weighted by Gasteiger charge is 2.30. The molecule has 22 heavy (non-hydrogen) atoms. The van der Waals surface area contributed by atoms with Crippen molar-refractivity contribution in [2.75, 3.05) is 20.3 Å². The number of nitrogens with one attached hydrogen (secondary N) is 1. The molecular formula is C14H16F3NO4. The van der Waals surface area contributed by atoms with Crippen molar-refractivity contribution in [1.29, 1.82) is 0 Å². The lowest BCUT2D eigenvalue weighted by atomic mass is 10.2. The van der Waals surface area contributed by atoms with Gasteiger partial charge < -0.3 is 14.8 Å². The first-order valence-corrected chi connectivity index (χ1v) is 6.46. The summed E-state index contributed by atoms with van der Waals surface area (Å²) in [5, 5.41) is 2.48. The maximum atomic E-state index is 12.5. The van der Waals surface area contributed by atoms with Crippen LogP contribution in [0.15, 0.2) is 24.3 Å². The van der Waals surface area contributed by atoms with Crippen LogP contribution in [0.25, 0.3) is 0 Å². The Morgan fingerprint density at radius 3 is 2.64 bits per heavy atom. The summed E-state index contributed by atoms with van der Waals surface area (Å²) < 4.78 is 46.9. The van der Waals surface area contributed by atoms with Crippen LogP contribution >= 0.6 is 0 Å². The van der Waals surface area contributed by atoms with Crippen LogP contribution in [0.1, 0.15) is 18.4 Å². The number of carbonyl (C=O) groups excluding carboxylic acids is 2. The van der Waals surface area contributed by atoms with Crippen molar-refractivity contribution in [3.8, 4) is 5.75 Å². The fourth-order valence-corrected chi connectivity index (χ4v) is 1.52. The average Bonchev–Trinajstić information content (AvgIpc) is 2.48. The van der Waals surface area contributed by atoms with Gasteiger partial charge in [0.1, 0.15) is 5.75 Å². The molecule has 0 fully saturated rings. The maximum Gasteiger partial charge on any atom is 0.416 e. The predicted molar refractivity (Wildman–Crippen MR) is 71.2 cm³/mol. The van der Waals surface area contributed by atoms with Crippen molar-refractivity contribution in [1.82, 2.24) is 5.32 Å². The van der Waals surface area contributed by atoms with Gasteiger partial charge in [0.15, 0.2) is 6.61 Å². The summed E-state index contributed by atoms with van der Waals surface area (Å²) in [7, 11) is 1.27. The minimum absolute atomic E-state index is 0.0421. The van der Waals surface area contributed by atoms with Gasteiger partial charge in [0.05, 0.1) is 12.7 Å². The smallest absolute Gasteiger partial charge is 0.416 e. The van der Waals surface area contributed by atoms with E-state index >= 15 is 0 Å². The Balaban J connectivity index is 2.34. The molecule has 1 aromatic rings. The van der Waals surface area contributed by atoms with Crippen LogP contribution in [0, 0.1) is 0 Å². The van der Waals surface area contributed by atoms with Gasteiger partial charge in [-0.1, -0.05) is 6.07 Å². The van der Waals surface area contributed by atoms with Gasteiger partial charge in [-0.25, -0.2) is 0 Å². The number of methoxy groups -OCH3 is 1. The zero-order chi connectivity index (χ0) is 16.6. The SMILES string of the molecule is COC(=O)CCCNC(=O)COc1cccc(C(F)(F)F)c1. The first-order chi connectivity index (χ1) is 10.3. The molecule has 0 aliphatic carbocycles. The van der Waals surface area contributed by atoms with Gasteiger partial charge in [0.25, 0.3) is 5.91 Å². The van der Waals surface area contributed by atoms with E-state index in [0.29, 0.717) is 6.42 Å². The largest absolute Gasteiger partial charge is 0.484 e. The molecule has 8 heteroatoms. The third-order valence-corrected chi connectivity index (χ3v) is 2.64. The molecule has 1 N–H and O–H groups in total. The number of hydrogen-bond acceptors (Lipinski definition) is 4. The van der Waals surface area contributed by atoms with Crippen molar-refractivity contribution < 1.29 is 32.2 Å². The second kappa shape index (κ2) is 8.26. The van der Waals surface area contributed by atoms with E-state index in [4.69, 9.17) is 4.74 Å². The zero-order valence-corrected chi connectivity index (χ0v) is 11.9. The number of hydrogen-bond donors (Lipinski definition) is 1. The van der Waals surface area contributed by atoms with Gasteiger partial charge >= 0.3 is 12.1 Å². The molecule has 1 amide bonds. The van der Waals surface area contributed by atoms with Gasteiger partial charge in [-0.15, -0.1) is 0 Å². The van der Waals surface area contributed by atoms with E-state index in [0.717, 1.165) is 12.1 Å². The van der Waals surface area contributed by atoms with Crippen molar-refractivity contribution in [2.45, 2.75) is 19.0 Å². The van der Waals surface area contributed by atoms with E-state index in [-0.39, 0.29) is 24.7 Å². The van der Waals surface area contributed by atoms with Crippen LogP contribution in [0.4, 0.5) is 13.2 Å². The van der Waals surface area contributed by atoms with Gasteiger partial charge in [-0.05, 0) is 24.6 Å². The van der Waals surface area contributed by atoms with Gasteiger partial charge in [0.2, 0.25) is 0 Å². The summed E-state index contributed by atoms with van der Waals surface area (Å²) in [6.45, 7) is -0.153. The van der Waals surface area contributed by atoms with Gasteiger partial charge in [0, 0.05) is 13.0 Å². The van der Waals surface area contributed by atoms with E-state index < -0.39 is 24.3 Å². The summed E-state index contributed by atoms with van der Waals surface area (Å²) in [4.78, 5) is 22.3. The molecule has 0 aliphatic heterocycles. The summed E-state index contributed by atoms with van der Waals surface area (Å²) in [5.41, 5.74) is -0.844. The molecule has 5 nitrogen and oxygen atoms in total. The molecule has 0 atom stereocenters. The van der Waals surface area contributed by atoms with Crippen LogP contribution in [0.3, 0.4) is 0 Å². The number of rotatable bonds is 7. The van der Waals surface area contributed by atoms with E-state index in [9.17, 15) is 22.8 Å². The first-order valence-electron chi connectivity index (χ1n) is 6.46. The van der Waals surface area contributed by atoms with E-state index in [1.54, 1.807) is 0 Å². The topological polar surface area (TPSA) is 64.6 Å². The lowest BCUT2D eigenvalue weighted by Gasteiger charge is -2.10. The monoisotopic (exact) mass is 319 g/mol. The number of amides is 1. The number of halogens is 3. The number of benzene rings is 1. The second-order valence-corrected chi connectivity index (χ2v) is 4.34. The Bertz CT molecular complexity index is 517. The Kier molecular flexibility index (Phi) is 6.68. The first kappa shape index (κ1) is 17.8. The van der Waals surface area contributed by atoms with Crippen LogP contribution in [0.5, 0.6) is 5.75 Å². The number of ether oxygens (including phenoxy) is 2. The number of alkyl halides is 3. The molecular weight excluding hydrogens is 303 g/mol. The van der Waals surface area contributed by atoms with E-state index in [2.05, 4.69) is 10.1 Å². The molecule has 0 radical (unpaired) electrons. The van der Waals surface area contributed by atoms with Crippen LogP contribution in [-0.2, 0) is 20.5 Å². The molecule has 0 aromatic heterocycles. The average molecular weight is 319 g/mol. The molecule has 0 bridgehead atoms. The Morgan fingerprint density at radius 1 is 1.27 bits per heavy atom. The van der Waals surface area contributed by atoms with Crippen molar-refractivity contribution in [3.05, 3.63) is 29.8 Å². The lowest BCUT2D eigenvalue weighted by molar-refractivity contribution is -0.141. The van der Waals surface area contributed by atoms with Gasteiger partial charge in [-0.3, -0.25) is 9.59 Å². The standard InChI is InChI=1S/C14H16F3NO4/c1-21-13(20)6-3-7-18-12(19)9-22-11-5-2-4-10(8-11)14(15,16)17/h2,4-5,8H,3,6-7,9H2,1H3,(H,18,19). The number of esters is 1. The highest BCUT2D eigenvalue weighted by atomic mass is 19.4. The van der Waals surface area contributed by atoms with Crippen LogP contribution in [-0.4, -0.2) is 32.1 Å². The van der Waals surface area contributed by atoms with Crippen molar-refractivity contribution in [3.63, 3.8) is 0 Å². The molecule has 0 saturated carbocycles. The predicted octanol–water partition coefficient (Wildman–Crippen LogP) is 2.15. The fraction of sp³-hybridized carbons (Fsp3) is 0.429. The number of carbonyl (C=O) groups is 2. The molecule has 0 saturated heterocycles. The van der Waals surface area contributed by atoms with E-state index in [1.165, 1.54) is 19.2 Å². The quantitative estimate of drug-likeness (QED) is 0.618. The third kappa shape index (κ3) is 6.47. The highest BCUT2D eigenvalue weighted by molar-refractivity contribution is 5.77.